The number of likely N-dealkylation sites (tertiary alicyclic amines) is 1. The molecule has 1 aliphatic rings. The molecule has 1 atom stereocenters. The third-order valence-corrected chi connectivity index (χ3v) is 5.50. The fourth-order valence-electron chi connectivity index (χ4n) is 3.67. The third-order valence-electron chi connectivity index (χ3n) is 5.25. The fraction of sp³-hybridized carbons (Fsp3) is 0.333. The maximum Gasteiger partial charge on any atom is 0.227 e. The first-order valence-electron chi connectivity index (χ1n) is 9.48. The zero-order valence-corrected chi connectivity index (χ0v) is 16.8. The molecule has 8 heteroatoms. The van der Waals surface area contributed by atoms with E-state index < -0.39 is 0 Å². The van der Waals surface area contributed by atoms with Crippen LogP contribution in [0.2, 0.25) is 5.02 Å². The van der Waals surface area contributed by atoms with E-state index >= 15 is 0 Å². The number of aromatic nitrogens is 2. The van der Waals surface area contributed by atoms with Crippen LogP contribution in [0.3, 0.4) is 0 Å². The van der Waals surface area contributed by atoms with Crippen molar-refractivity contribution in [3.8, 4) is 0 Å². The molecule has 150 valence electrons. The van der Waals surface area contributed by atoms with Crippen LogP contribution in [0.15, 0.2) is 47.1 Å². The molecule has 0 unspecified atom stereocenters. The summed E-state index contributed by atoms with van der Waals surface area (Å²) in [6.45, 7) is 1.37. The Balaban J connectivity index is 1.40. The van der Waals surface area contributed by atoms with Gasteiger partial charge in [-0.15, -0.1) is 0 Å². The second-order valence-corrected chi connectivity index (χ2v) is 7.85. The van der Waals surface area contributed by atoms with E-state index in [0.29, 0.717) is 48.5 Å². The van der Waals surface area contributed by atoms with Crippen molar-refractivity contribution in [3.05, 3.63) is 58.6 Å². The van der Waals surface area contributed by atoms with Crippen LogP contribution in [0.4, 0.5) is 0 Å². The minimum absolute atomic E-state index is 0.0389. The van der Waals surface area contributed by atoms with Crippen LogP contribution < -0.4 is 0 Å². The second kappa shape index (κ2) is 8.21. The van der Waals surface area contributed by atoms with Crippen molar-refractivity contribution >= 4 is 34.4 Å². The molecule has 1 fully saturated rings. The van der Waals surface area contributed by atoms with E-state index in [1.165, 1.54) is 0 Å². The number of hydrogen-bond acceptors (Lipinski definition) is 5. The molecule has 1 aromatic heterocycles. The molecule has 0 saturated carbocycles. The molecule has 4 rings (SSSR count). The lowest BCUT2D eigenvalue weighted by molar-refractivity contribution is -0.143. The summed E-state index contributed by atoms with van der Waals surface area (Å²) in [5, 5.41) is 8.29. The lowest BCUT2D eigenvalue weighted by Crippen LogP contribution is -2.45. The highest BCUT2D eigenvalue weighted by Gasteiger charge is 2.31. The number of halogens is 1. The first-order valence-corrected chi connectivity index (χ1v) is 9.86. The zero-order valence-electron chi connectivity index (χ0n) is 16.0. The van der Waals surface area contributed by atoms with Crippen LogP contribution in [0.25, 0.3) is 11.0 Å². The normalized spacial score (nSPS) is 17.0. The first kappa shape index (κ1) is 19.4. The van der Waals surface area contributed by atoms with Crippen molar-refractivity contribution in [2.45, 2.75) is 25.9 Å². The zero-order chi connectivity index (χ0) is 20.4. The average Bonchev–Trinajstić information content (AvgIpc) is 3.18. The minimum atomic E-state index is -0.206. The van der Waals surface area contributed by atoms with Crippen molar-refractivity contribution in [1.82, 2.24) is 20.1 Å². The molecular formula is C21H21ClN4O3. The Kier molecular flexibility index (Phi) is 5.49. The van der Waals surface area contributed by atoms with Gasteiger partial charge < -0.3 is 9.80 Å². The summed E-state index contributed by atoms with van der Waals surface area (Å²) in [7, 11) is 1.79. The molecule has 1 saturated heterocycles. The Bertz CT molecular complexity index is 1030. The molecule has 0 aliphatic carbocycles. The largest absolute Gasteiger partial charge is 0.341 e. The number of piperidine rings is 1. The highest BCUT2D eigenvalue weighted by Crippen LogP contribution is 2.23. The van der Waals surface area contributed by atoms with Gasteiger partial charge in [0.1, 0.15) is 11.0 Å². The summed E-state index contributed by atoms with van der Waals surface area (Å²) < 4.78 is 4.72. The van der Waals surface area contributed by atoms with Crippen LogP contribution in [0.5, 0.6) is 0 Å². The van der Waals surface area contributed by atoms with Crippen LogP contribution in [-0.2, 0) is 22.7 Å². The Morgan fingerprint density at radius 3 is 2.69 bits per heavy atom. The molecule has 1 aliphatic heterocycles. The number of hydrogen-bond donors (Lipinski definition) is 0. The quantitative estimate of drug-likeness (QED) is 0.642. The molecule has 0 N–H and O–H groups in total. The molecule has 0 bridgehead atoms. The van der Waals surface area contributed by atoms with E-state index in [2.05, 4.69) is 10.3 Å². The molecule has 2 heterocycles. The Hall–Kier alpha value is -2.93. The lowest BCUT2D eigenvalue weighted by atomic mass is 9.95. The SMILES string of the molecule is CN(Cc1ccc2nonc2c1)C(=O)[C@@H]1CCC(=O)N(Cc2ccc(Cl)cc2)C1. The molecule has 0 spiro atoms. The number of amides is 2. The van der Waals surface area contributed by atoms with Gasteiger partial charge in [-0.25, -0.2) is 4.63 Å². The van der Waals surface area contributed by atoms with Crippen LogP contribution >= 0.6 is 11.6 Å². The second-order valence-electron chi connectivity index (χ2n) is 7.42. The van der Waals surface area contributed by atoms with Crippen molar-refractivity contribution in [2.75, 3.05) is 13.6 Å². The minimum Gasteiger partial charge on any atom is -0.341 e. The van der Waals surface area contributed by atoms with E-state index in [4.69, 9.17) is 16.2 Å². The van der Waals surface area contributed by atoms with E-state index in [0.717, 1.165) is 11.1 Å². The standard InChI is InChI=1S/C21H21ClN4O3/c1-25(11-15-4-8-18-19(10-15)24-29-23-18)21(28)16-5-9-20(27)26(13-16)12-14-2-6-17(22)7-3-14/h2-4,6-8,10,16H,5,9,11-13H2,1H3/t16-/m1/s1. The summed E-state index contributed by atoms with van der Waals surface area (Å²) >= 11 is 5.93. The van der Waals surface area contributed by atoms with Gasteiger partial charge in [-0.05, 0) is 52.1 Å². The lowest BCUT2D eigenvalue weighted by Gasteiger charge is -2.34. The van der Waals surface area contributed by atoms with Crippen LogP contribution in [0.1, 0.15) is 24.0 Å². The highest BCUT2D eigenvalue weighted by molar-refractivity contribution is 6.30. The maximum atomic E-state index is 13.0. The predicted octanol–water partition coefficient (Wildman–Crippen LogP) is 3.27. The molecule has 2 aromatic carbocycles. The number of fused-ring (bicyclic) bond motifs is 1. The van der Waals surface area contributed by atoms with Crippen molar-refractivity contribution in [2.24, 2.45) is 5.92 Å². The summed E-state index contributed by atoms with van der Waals surface area (Å²) in [5.74, 6) is -0.0879. The summed E-state index contributed by atoms with van der Waals surface area (Å²) in [6.07, 6.45) is 0.958. The van der Waals surface area contributed by atoms with Gasteiger partial charge in [0.15, 0.2) is 0 Å². The summed E-state index contributed by atoms with van der Waals surface area (Å²) in [6, 6.07) is 13.0. The number of nitrogens with zero attached hydrogens (tertiary/aromatic N) is 4. The first-order chi connectivity index (χ1) is 14.0. The van der Waals surface area contributed by atoms with Gasteiger partial charge in [0.05, 0.1) is 5.92 Å². The van der Waals surface area contributed by atoms with E-state index in [1.807, 2.05) is 42.5 Å². The number of carbonyl (C=O) groups excluding carboxylic acids is 2. The highest BCUT2D eigenvalue weighted by atomic mass is 35.5. The van der Waals surface area contributed by atoms with E-state index in [9.17, 15) is 9.59 Å². The van der Waals surface area contributed by atoms with Crippen LogP contribution in [0, 0.1) is 5.92 Å². The summed E-state index contributed by atoms with van der Waals surface area (Å²) in [4.78, 5) is 28.8. The number of rotatable bonds is 5. The van der Waals surface area contributed by atoms with Crippen molar-refractivity contribution in [3.63, 3.8) is 0 Å². The summed E-state index contributed by atoms with van der Waals surface area (Å²) in [5.41, 5.74) is 3.31. The monoisotopic (exact) mass is 412 g/mol. The molecule has 3 aromatic rings. The molecular weight excluding hydrogens is 392 g/mol. The molecule has 7 nitrogen and oxygen atoms in total. The smallest absolute Gasteiger partial charge is 0.227 e. The van der Waals surface area contributed by atoms with Gasteiger partial charge in [0.25, 0.3) is 0 Å². The van der Waals surface area contributed by atoms with E-state index in [-0.39, 0.29) is 17.7 Å². The fourth-order valence-corrected chi connectivity index (χ4v) is 3.79. The average molecular weight is 413 g/mol. The molecule has 2 amide bonds. The van der Waals surface area contributed by atoms with E-state index in [1.54, 1.807) is 16.8 Å². The van der Waals surface area contributed by atoms with Crippen molar-refractivity contribution < 1.29 is 14.2 Å². The number of benzene rings is 2. The Morgan fingerprint density at radius 2 is 1.90 bits per heavy atom. The Morgan fingerprint density at radius 1 is 1.17 bits per heavy atom. The van der Waals surface area contributed by atoms with Gasteiger partial charge in [-0.1, -0.05) is 29.8 Å². The topological polar surface area (TPSA) is 79.5 Å². The van der Waals surface area contributed by atoms with Gasteiger partial charge in [0, 0.05) is 38.1 Å². The molecule has 0 radical (unpaired) electrons. The van der Waals surface area contributed by atoms with Gasteiger partial charge >= 0.3 is 0 Å². The van der Waals surface area contributed by atoms with Gasteiger partial charge in [0.2, 0.25) is 11.8 Å². The maximum absolute atomic E-state index is 13.0. The molecule has 29 heavy (non-hydrogen) atoms. The van der Waals surface area contributed by atoms with Gasteiger partial charge in [-0.2, -0.15) is 0 Å². The predicted molar refractivity (Wildman–Crippen MR) is 108 cm³/mol. The van der Waals surface area contributed by atoms with Crippen molar-refractivity contribution in [1.29, 1.82) is 0 Å². The Labute approximate surface area is 173 Å². The number of carbonyl (C=O) groups is 2. The third kappa shape index (κ3) is 4.40. The van der Waals surface area contributed by atoms with Crippen LogP contribution in [-0.4, -0.2) is 45.5 Å². The van der Waals surface area contributed by atoms with Gasteiger partial charge in [-0.3, -0.25) is 9.59 Å².